The second-order valence-electron chi connectivity index (χ2n) is 3.99. The van der Waals surface area contributed by atoms with Crippen LogP contribution in [0.25, 0.3) is 0 Å². The zero-order chi connectivity index (χ0) is 19.3. The number of nitrogens with one attached hydrogen (secondary N) is 2. The average molecular weight is 360 g/mol. The van der Waals surface area contributed by atoms with Crippen LogP contribution in [-0.2, 0) is 14.4 Å². The van der Waals surface area contributed by atoms with Crippen LogP contribution < -0.4 is 15.4 Å². The van der Waals surface area contributed by atoms with Gasteiger partial charge in [0.15, 0.2) is 0 Å². The van der Waals surface area contributed by atoms with E-state index in [1.807, 2.05) is 0 Å². The maximum absolute atomic E-state index is 13.4. The summed E-state index contributed by atoms with van der Waals surface area (Å²) in [7, 11) is 0. The number of hydrogen-bond acceptors (Lipinski definition) is 4. The summed E-state index contributed by atoms with van der Waals surface area (Å²) in [5, 5.41) is 3.30. The van der Waals surface area contributed by atoms with Crippen molar-refractivity contribution in [3.63, 3.8) is 0 Å². The van der Waals surface area contributed by atoms with Gasteiger partial charge in [-0.05, 0) is 11.8 Å². The Balaban J connectivity index is 3.21. The van der Waals surface area contributed by atoms with Gasteiger partial charge >= 0.3 is 5.97 Å². The van der Waals surface area contributed by atoms with Crippen LogP contribution in [0.3, 0.4) is 0 Å². The lowest BCUT2D eigenvalue weighted by molar-refractivity contribution is -0.141. The van der Waals surface area contributed by atoms with E-state index in [9.17, 15) is 36.3 Å². The molecule has 0 aliphatic rings. The molecule has 0 saturated carbocycles. The first-order valence-corrected chi connectivity index (χ1v) is 5.91. The lowest BCUT2D eigenvalue weighted by atomic mass is 10.2. The van der Waals surface area contributed by atoms with Crippen molar-refractivity contribution in [1.29, 1.82) is 0 Å². The van der Waals surface area contributed by atoms with Crippen LogP contribution in [0.5, 0.6) is 5.75 Å². The van der Waals surface area contributed by atoms with Gasteiger partial charge in [-0.2, -0.15) is 8.78 Å². The summed E-state index contributed by atoms with van der Waals surface area (Å²) in [4.78, 5) is 33.9. The van der Waals surface area contributed by atoms with Gasteiger partial charge in [0.2, 0.25) is 41.0 Å². The van der Waals surface area contributed by atoms with E-state index in [2.05, 4.69) is 4.74 Å². The zero-order valence-electron chi connectivity index (χ0n) is 11.8. The molecule has 0 aliphatic heterocycles. The number of benzene rings is 1. The Hall–Kier alpha value is -3.60. The fourth-order valence-corrected chi connectivity index (χ4v) is 1.33. The first-order chi connectivity index (χ1) is 11.6. The third-order valence-corrected chi connectivity index (χ3v) is 2.42. The number of ether oxygens (including phenoxy) is 1. The highest BCUT2D eigenvalue weighted by molar-refractivity contribution is 5.99. The summed E-state index contributed by atoms with van der Waals surface area (Å²) in [6.07, 6.45) is 7.26. The minimum absolute atomic E-state index is 1.28. The molecule has 1 aromatic rings. The summed E-state index contributed by atoms with van der Waals surface area (Å²) in [6.45, 7) is 0. The van der Waals surface area contributed by atoms with Gasteiger partial charge in [-0.25, -0.2) is 18.0 Å². The molecule has 0 fully saturated rings. The van der Waals surface area contributed by atoms with Crippen LogP contribution in [-0.4, -0.2) is 23.9 Å². The lowest BCUT2D eigenvalue weighted by Crippen LogP contribution is -2.54. The molecular formula is C14H5F5N2O4. The van der Waals surface area contributed by atoms with Crippen LogP contribution in [0.4, 0.5) is 22.0 Å². The number of carbonyl (C=O) groups excluding carboxylic acids is 3. The summed E-state index contributed by atoms with van der Waals surface area (Å²) in [5.41, 5.74) is 0. The molecule has 1 rings (SSSR count). The van der Waals surface area contributed by atoms with Gasteiger partial charge in [-0.1, -0.05) is 0 Å². The van der Waals surface area contributed by atoms with E-state index >= 15 is 0 Å². The van der Waals surface area contributed by atoms with E-state index in [4.69, 9.17) is 12.8 Å². The standard InChI is InChI=1S/C14H5F5N2O4/c1-3-5(22)20-13(21-6(23)4-2)14(24)25-12-10(18)8(16)7(15)9(17)11(12)19/h1-2,13H,(H,20,22)(H,21,23). The SMILES string of the molecule is C#CC(=O)NC(NC(=O)C#C)C(=O)Oc1c(F)c(F)c(F)c(F)c1F. The van der Waals surface area contributed by atoms with Gasteiger partial charge in [-0.15, -0.1) is 12.8 Å². The topological polar surface area (TPSA) is 84.5 Å². The monoisotopic (exact) mass is 360 g/mol. The number of terminal acetylenes is 2. The first-order valence-electron chi connectivity index (χ1n) is 5.91. The van der Waals surface area contributed by atoms with Crippen LogP contribution >= 0.6 is 0 Å². The van der Waals surface area contributed by atoms with Gasteiger partial charge in [0, 0.05) is 0 Å². The molecular weight excluding hydrogens is 355 g/mol. The molecule has 11 heteroatoms. The maximum atomic E-state index is 13.4. The normalized spacial score (nSPS) is 9.76. The summed E-state index contributed by atoms with van der Waals surface area (Å²) in [5.74, 6) is -15.5. The van der Waals surface area contributed by atoms with E-state index in [0.717, 1.165) is 0 Å². The fourth-order valence-electron chi connectivity index (χ4n) is 1.33. The molecule has 0 bridgehead atoms. The molecule has 2 amide bonds. The predicted molar refractivity (Wildman–Crippen MR) is 69.6 cm³/mol. The van der Waals surface area contributed by atoms with E-state index in [-0.39, 0.29) is 0 Å². The second-order valence-corrected chi connectivity index (χ2v) is 3.99. The fraction of sp³-hybridized carbons (Fsp3) is 0.0714. The van der Waals surface area contributed by atoms with Gasteiger partial charge < -0.3 is 15.4 Å². The number of halogens is 5. The molecule has 0 radical (unpaired) electrons. The van der Waals surface area contributed by atoms with Crippen molar-refractivity contribution < 1.29 is 41.1 Å². The van der Waals surface area contributed by atoms with Gasteiger partial charge in [-0.3, -0.25) is 9.59 Å². The molecule has 0 saturated heterocycles. The van der Waals surface area contributed by atoms with Crippen LogP contribution in [0, 0.1) is 53.8 Å². The third-order valence-electron chi connectivity index (χ3n) is 2.42. The smallest absolute Gasteiger partial charge is 0.355 e. The van der Waals surface area contributed by atoms with Crippen molar-refractivity contribution in [1.82, 2.24) is 10.6 Å². The van der Waals surface area contributed by atoms with Crippen molar-refractivity contribution in [3.8, 4) is 30.4 Å². The van der Waals surface area contributed by atoms with Crippen molar-refractivity contribution in [2.45, 2.75) is 6.17 Å². The van der Waals surface area contributed by atoms with E-state index in [1.54, 1.807) is 10.6 Å². The van der Waals surface area contributed by atoms with Crippen molar-refractivity contribution >= 4 is 17.8 Å². The highest BCUT2D eigenvalue weighted by Crippen LogP contribution is 2.29. The van der Waals surface area contributed by atoms with E-state index in [0.29, 0.717) is 0 Å². The summed E-state index contributed by atoms with van der Waals surface area (Å²) in [6, 6.07) is 0. The maximum Gasteiger partial charge on any atom is 0.355 e. The van der Waals surface area contributed by atoms with Gasteiger partial charge in [0.05, 0.1) is 0 Å². The third kappa shape index (κ3) is 4.23. The van der Waals surface area contributed by atoms with Gasteiger partial charge in [0.1, 0.15) is 0 Å². The second kappa shape index (κ2) is 7.79. The van der Waals surface area contributed by atoms with E-state index < -0.39 is 58.8 Å². The molecule has 2 N–H and O–H groups in total. The molecule has 25 heavy (non-hydrogen) atoms. The van der Waals surface area contributed by atoms with E-state index in [1.165, 1.54) is 11.8 Å². The van der Waals surface area contributed by atoms with Crippen LogP contribution in [0.1, 0.15) is 0 Å². The number of esters is 1. The summed E-state index contributed by atoms with van der Waals surface area (Å²) >= 11 is 0. The van der Waals surface area contributed by atoms with Crippen molar-refractivity contribution in [3.05, 3.63) is 29.1 Å². The Bertz CT molecular complexity index is 784. The highest BCUT2D eigenvalue weighted by atomic mass is 19.2. The van der Waals surface area contributed by atoms with Crippen molar-refractivity contribution in [2.24, 2.45) is 0 Å². The Morgan fingerprint density at radius 1 is 0.800 bits per heavy atom. The lowest BCUT2D eigenvalue weighted by Gasteiger charge is -2.17. The number of rotatable bonds is 4. The van der Waals surface area contributed by atoms with Gasteiger partial charge in [0.25, 0.3) is 11.8 Å². The number of hydrogen-bond donors (Lipinski definition) is 2. The van der Waals surface area contributed by atoms with Crippen LogP contribution in [0.15, 0.2) is 0 Å². The molecule has 0 aromatic heterocycles. The quantitative estimate of drug-likeness (QED) is 0.152. The van der Waals surface area contributed by atoms with Crippen LogP contribution in [0.2, 0.25) is 0 Å². The Morgan fingerprint density at radius 2 is 1.16 bits per heavy atom. The molecule has 1 aromatic carbocycles. The number of amides is 2. The molecule has 0 unspecified atom stereocenters. The minimum atomic E-state index is -2.48. The zero-order valence-corrected chi connectivity index (χ0v) is 11.8. The van der Waals surface area contributed by atoms with Crippen molar-refractivity contribution in [2.75, 3.05) is 0 Å². The Labute approximate surface area is 136 Å². The summed E-state index contributed by atoms with van der Waals surface area (Å²) < 4.78 is 69.9. The Kier molecular flexibility index (Phi) is 6.06. The molecule has 0 aliphatic carbocycles. The molecule has 130 valence electrons. The largest absolute Gasteiger partial charge is 0.417 e. The molecule has 6 nitrogen and oxygen atoms in total. The first kappa shape index (κ1) is 19.4. The molecule has 0 atom stereocenters. The molecule has 0 heterocycles. The molecule has 0 spiro atoms. The number of carbonyl (C=O) groups is 3. The highest BCUT2D eigenvalue weighted by Gasteiger charge is 2.31. The Morgan fingerprint density at radius 3 is 1.52 bits per heavy atom. The minimum Gasteiger partial charge on any atom is -0.417 e. The average Bonchev–Trinajstić information content (AvgIpc) is 2.60. The predicted octanol–water partition coefficient (Wildman–Crippen LogP) is 0.112.